The third-order valence-corrected chi connectivity index (χ3v) is 5.02. The molecule has 3 aromatic carbocycles. The minimum absolute atomic E-state index is 0.106. The van der Waals surface area contributed by atoms with Gasteiger partial charge in [-0.15, -0.1) is 0 Å². The number of rotatable bonds is 6. The molecule has 1 aliphatic heterocycles. The summed E-state index contributed by atoms with van der Waals surface area (Å²) in [6, 6.07) is 17.0. The first-order chi connectivity index (χ1) is 15.4. The Labute approximate surface area is 184 Å². The van der Waals surface area contributed by atoms with Crippen molar-refractivity contribution in [1.82, 2.24) is 0 Å². The zero-order valence-corrected chi connectivity index (χ0v) is 17.6. The number of hydrogen-bond donors (Lipinski definition) is 1. The molecule has 32 heavy (non-hydrogen) atoms. The molecule has 0 unspecified atom stereocenters. The highest BCUT2D eigenvalue weighted by Crippen LogP contribution is 2.34. The van der Waals surface area contributed by atoms with Crippen LogP contribution in [-0.2, 0) is 9.53 Å². The van der Waals surface area contributed by atoms with Crippen molar-refractivity contribution in [3.8, 4) is 11.5 Å². The number of carbonyl (C=O) groups excluding carboxylic acids is 3. The van der Waals surface area contributed by atoms with E-state index in [1.54, 1.807) is 42.5 Å². The molecule has 1 N–H and O–H groups in total. The first kappa shape index (κ1) is 21.1. The Morgan fingerprint density at radius 3 is 2.44 bits per heavy atom. The number of esters is 1. The zero-order valence-electron chi connectivity index (χ0n) is 17.6. The van der Waals surface area contributed by atoms with Gasteiger partial charge in [-0.1, -0.05) is 35.9 Å². The van der Waals surface area contributed by atoms with E-state index in [1.165, 1.54) is 6.07 Å². The number of aryl methyl sites for hydroxylation is 2. The summed E-state index contributed by atoms with van der Waals surface area (Å²) in [7, 11) is 0. The molecule has 0 spiro atoms. The normalized spacial score (nSPS) is 11.7. The molecule has 0 aliphatic carbocycles. The number of carbonyl (C=O) groups is 3. The molecule has 4 rings (SSSR count). The monoisotopic (exact) mass is 431 g/mol. The maximum Gasteiger partial charge on any atom is 0.339 e. The van der Waals surface area contributed by atoms with Crippen LogP contribution in [0, 0.1) is 13.8 Å². The van der Waals surface area contributed by atoms with Crippen molar-refractivity contribution in [2.24, 2.45) is 0 Å². The second-order valence-corrected chi connectivity index (χ2v) is 7.39. The Kier molecular flexibility index (Phi) is 5.89. The lowest BCUT2D eigenvalue weighted by atomic mass is 9.94. The van der Waals surface area contributed by atoms with E-state index in [-0.39, 0.29) is 23.7 Å². The molecule has 1 amide bonds. The Hall–Kier alpha value is -4.13. The number of amides is 1. The maximum absolute atomic E-state index is 13.1. The molecular weight excluding hydrogens is 410 g/mol. The van der Waals surface area contributed by atoms with E-state index in [0.717, 1.165) is 11.1 Å². The van der Waals surface area contributed by atoms with Crippen LogP contribution in [-0.4, -0.2) is 31.1 Å². The van der Waals surface area contributed by atoms with Gasteiger partial charge in [-0.05, 0) is 43.7 Å². The van der Waals surface area contributed by atoms with Gasteiger partial charge in [0.2, 0.25) is 6.79 Å². The van der Waals surface area contributed by atoms with E-state index < -0.39 is 18.5 Å². The summed E-state index contributed by atoms with van der Waals surface area (Å²) < 4.78 is 15.7. The van der Waals surface area contributed by atoms with E-state index in [0.29, 0.717) is 22.7 Å². The molecule has 7 nitrogen and oxygen atoms in total. The number of fused-ring (bicyclic) bond motifs is 1. The van der Waals surface area contributed by atoms with E-state index >= 15 is 0 Å². The molecule has 0 atom stereocenters. The number of anilines is 1. The molecule has 1 heterocycles. The number of benzene rings is 3. The Bertz CT molecular complexity index is 1220. The minimum Gasteiger partial charge on any atom is -0.454 e. The van der Waals surface area contributed by atoms with Crippen molar-refractivity contribution in [2.45, 2.75) is 13.8 Å². The van der Waals surface area contributed by atoms with Crippen molar-refractivity contribution >= 4 is 23.3 Å². The van der Waals surface area contributed by atoms with Crippen LogP contribution < -0.4 is 14.8 Å². The molecule has 3 aromatic rings. The number of hydrogen-bond acceptors (Lipinski definition) is 6. The van der Waals surface area contributed by atoms with E-state index in [2.05, 4.69) is 5.32 Å². The largest absolute Gasteiger partial charge is 0.454 e. The van der Waals surface area contributed by atoms with Gasteiger partial charge in [-0.25, -0.2) is 4.79 Å². The fourth-order valence-electron chi connectivity index (χ4n) is 3.36. The molecule has 0 bridgehead atoms. The van der Waals surface area contributed by atoms with Gasteiger partial charge in [0, 0.05) is 22.9 Å². The minimum atomic E-state index is -0.750. The fraction of sp³-hybridized carbons (Fsp3) is 0.160. The molecule has 0 fully saturated rings. The van der Waals surface area contributed by atoms with Crippen LogP contribution >= 0.6 is 0 Å². The quantitative estimate of drug-likeness (QED) is 0.468. The lowest BCUT2D eigenvalue weighted by Gasteiger charge is -2.11. The molecule has 0 saturated carbocycles. The fourth-order valence-corrected chi connectivity index (χ4v) is 3.36. The average Bonchev–Trinajstić information content (AvgIpc) is 3.26. The Balaban J connectivity index is 1.44. The van der Waals surface area contributed by atoms with Gasteiger partial charge in [-0.2, -0.15) is 0 Å². The topological polar surface area (TPSA) is 90.9 Å². The highest BCUT2D eigenvalue weighted by molar-refractivity contribution is 6.15. The molecule has 162 valence electrons. The van der Waals surface area contributed by atoms with Crippen LogP contribution in [0.4, 0.5) is 5.69 Å². The van der Waals surface area contributed by atoms with Gasteiger partial charge in [0.1, 0.15) is 0 Å². The summed E-state index contributed by atoms with van der Waals surface area (Å²) >= 11 is 0. The Morgan fingerprint density at radius 2 is 1.62 bits per heavy atom. The summed E-state index contributed by atoms with van der Waals surface area (Å²) in [5, 5.41) is 2.64. The molecule has 7 heteroatoms. The smallest absolute Gasteiger partial charge is 0.339 e. The maximum atomic E-state index is 13.1. The van der Waals surface area contributed by atoms with Crippen LogP contribution in [0.15, 0.2) is 60.7 Å². The van der Waals surface area contributed by atoms with Crippen molar-refractivity contribution in [3.05, 3.63) is 88.5 Å². The summed E-state index contributed by atoms with van der Waals surface area (Å²) in [6.07, 6.45) is 0. The first-order valence-electron chi connectivity index (χ1n) is 10.00. The molecule has 1 aliphatic rings. The number of ether oxygens (including phenoxy) is 3. The van der Waals surface area contributed by atoms with Crippen molar-refractivity contribution in [3.63, 3.8) is 0 Å². The van der Waals surface area contributed by atoms with Crippen LogP contribution in [0.3, 0.4) is 0 Å². The second kappa shape index (κ2) is 8.93. The molecule has 0 saturated heterocycles. The van der Waals surface area contributed by atoms with Gasteiger partial charge < -0.3 is 19.5 Å². The highest BCUT2D eigenvalue weighted by Gasteiger charge is 2.21. The van der Waals surface area contributed by atoms with Gasteiger partial charge in [-0.3, -0.25) is 9.59 Å². The van der Waals surface area contributed by atoms with Crippen LogP contribution in [0.5, 0.6) is 11.5 Å². The predicted molar refractivity (Wildman–Crippen MR) is 117 cm³/mol. The standard InChI is InChI=1S/C25H21NO6/c1-15-7-8-16(2)20(11-15)24(28)18-5-3-4-6-19(18)25(29)30-13-23(27)26-17-9-10-21-22(12-17)32-14-31-21/h3-12H,13-14H2,1-2H3,(H,26,27). The predicted octanol–water partition coefficient (Wildman–Crippen LogP) is 4.06. The zero-order chi connectivity index (χ0) is 22.7. The summed E-state index contributed by atoms with van der Waals surface area (Å²) in [5.74, 6) is -0.419. The molecular formula is C25H21NO6. The van der Waals surface area contributed by atoms with Crippen LogP contribution in [0.25, 0.3) is 0 Å². The summed E-state index contributed by atoms with van der Waals surface area (Å²) in [4.78, 5) is 38.0. The van der Waals surface area contributed by atoms with Crippen LogP contribution in [0.1, 0.15) is 37.4 Å². The summed E-state index contributed by atoms with van der Waals surface area (Å²) in [6.45, 7) is 3.37. The lowest BCUT2D eigenvalue weighted by Crippen LogP contribution is -2.22. The highest BCUT2D eigenvalue weighted by atomic mass is 16.7. The SMILES string of the molecule is Cc1ccc(C)c(C(=O)c2ccccc2C(=O)OCC(=O)Nc2ccc3c(c2)OCO3)c1. The van der Waals surface area contributed by atoms with Gasteiger partial charge in [0.15, 0.2) is 23.9 Å². The third kappa shape index (κ3) is 4.46. The van der Waals surface area contributed by atoms with Crippen LogP contribution in [0.2, 0.25) is 0 Å². The molecule has 0 aromatic heterocycles. The number of nitrogens with one attached hydrogen (secondary N) is 1. The summed E-state index contributed by atoms with van der Waals surface area (Å²) in [5.41, 5.74) is 3.09. The average molecular weight is 431 g/mol. The van der Waals surface area contributed by atoms with Crippen molar-refractivity contribution < 1.29 is 28.6 Å². The third-order valence-electron chi connectivity index (χ3n) is 5.02. The van der Waals surface area contributed by atoms with Gasteiger partial charge >= 0.3 is 5.97 Å². The van der Waals surface area contributed by atoms with Gasteiger partial charge in [0.25, 0.3) is 5.91 Å². The first-order valence-corrected chi connectivity index (χ1v) is 10.00. The van der Waals surface area contributed by atoms with Gasteiger partial charge in [0.05, 0.1) is 5.56 Å². The second-order valence-electron chi connectivity index (χ2n) is 7.39. The van der Waals surface area contributed by atoms with E-state index in [4.69, 9.17) is 14.2 Å². The van der Waals surface area contributed by atoms with Crippen molar-refractivity contribution in [2.75, 3.05) is 18.7 Å². The number of ketones is 1. The molecule has 0 radical (unpaired) electrons. The lowest BCUT2D eigenvalue weighted by molar-refractivity contribution is -0.119. The van der Waals surface area contributed by atoms with E-state index in [9.17, 15) is 14.4 Å². The van der Waals surface area contributed by atoms with Crippen molar-refractivity contribution in [1.29, 1.82) is 0 Å². The Morgan fingerprint density at radius 1 is 0.875 bits per heavy atom. The van der Waals surface area contributed by atoms with E-state index in [1.807, 2.05) is 26.0 Å².